The molecule has 4 heteroatoms. The molecule has 0 heterocycles. The molecule has 0 saturated carbocycles. The Morgan fingerprint density at radius 2 is 1.65 bits per heavy atom. The Hall–Kier alpha value is -1.65. The van der Waals surface area contributed by atoms with E-state index >= 15 is 0 Å². The number of aliphatic hydroxyl groups excluding tert-OH is 1. The fraction of sp³-hybridized carbons (Fsp3) is 0.125. The fourth-order valence-electron chi connectivity index (χ4n) is 1.90. The van der Waals surface area contributed by atoms with Crippen molar-refractivity contribution in [2.24, 2.45) is 0 Å². The number of benzene rings is 2. The number of thioether (sulfide) groups is 1. The molecule has 2 aromatic rings. The second-order valence-electron chi connectivity index (χ2n) is 4.36. The van der Waals surface area contributed by atoms with Gasteiger partial charge in [-0.05, 0) is 47.2 Å². The van der Waals surface area contributed by atoms with Crippen molar-refractivity contribution >= 4 is 17.3 Å². The molecule has 1 unspecified atom stereocenters. The highest BCUT2D eigenvalue weighted by Gasteiger charge is 2.15. The van der Waals surface area contributed by atoms with E-state index in [1.165, 1.54) is 0 Å². The first-order valence-electron chi connectivity index (χ1n) is 5.98. The second-order valence-corrected chi connectivity index (χ2v) is 5.24. The van der Waals surface area contributed by atoms with Crippen molar-refractivity contribution in [1.82, 2.24) is 0 Å². The molecule has 1 nitrogen and oxygen atoms in total. The summed E-state index contributed by atoms with van der Waals surface area (Å²) >= 11 is 1.61. The number of rotatable bonds is 4. The van der Waals surface area contributed by atoms with Crippen LogP contribution in [0.1, 0.15) is 17.2 Å². The van der Waals surface area contributed by atoms with Gasteiger partial charge in [-0.3, -0.25) is 0 Å². The summed E-state index contributed by atoms with van der Waals surface area (Å²) in [7, 11) is 0. The van der Waals surface area contributed by atoms with Gasteiger partial charge in [-0.25, -0.2) is 8.78 Å². The highest BCUT2D eigenvalue weighted by atomic mass is 32.2. The van der Waals surface area contributed by atoms with Gasteiger partial charge in [-0.2, -0.15) is 0 Å². The van der Waals surface area contributed by atoms with Gasteiger partial charge in [0.15, 0.2) is 0 Å². The Morgan fingerprint density at radius 3 is 2.15 bits per heavy atom. The van der Waals surface area contributed by atoms with Gasteiger partial charge in [0.05, 0.1) is 0 Å². The summed E-state index contributed by atoms with van der Waals surface area (Å²) in [6.45, 7) is 3.81. The van der Waals surface area contributed by atoms with Gasteiger partial charge in [-0.15, -0.1) is 11.8 Å². The normalized spacial score (nSPS) is 12.2. The first-order chi connectivity index (χ1) is 9.51. The lowest BCUT2D eigenvalue weighted by atomic mass is 9.96. The van der Waals surface area contributed by atoms with Crippen molar-refractivity contribution < 1.29 is 13.9 Å². The summed E-state index contributed by atoms with van der Waals surface area (Å²) in [4.78, 5) is 1.09. The predicted octanol–water partition coefficient (Wildman–Crippen LogP) is 4.43. The SMILES string of the molecule is C=C(c1ccc(SC)cc1)C(O)c1cc(F)cc(F)c1. The first kappa shape index (κ1) is 14.8. The summed E-state index contributed by atoms with van der Waals surface area (Å²) in [5, 5.41) is 10.2. The van der Waals surface area contributed by atoms with E-state index in [4.69, 9.17) is 0 Å². The molecule has 0 radical (unpaired) electrons. The first-order valence-corrected chi connectivity index (χ1v) is 7.21. The van der Waals surface area contributed by atoms with Gasteiger partial charge in [0, 0.05) is 11.0 Å². The molecular weight excluding hydrogens is 278 g/mol. The van der Waals surface area contributed by atoms with Crippen molar-refractivity contribution in [2.45, 2.75) is 11.0 Å². The molecule has 0 amide bonds. The number of halogens is 2. The highest BCUT2D eigenvalue weighted by molar-refractivity contribution is 7.98. The lowest BCUT2D eigenvalue weighted by molar-refractivity contribution is 0.237. The van der Waals surface area contributed by atoms with E-state index in [9.17, 15) is 13.9 Å². The van der Waals surface area contributed by atoms with E-state index in [0.29, 0.717) is 5.57 Å². The van der Waals surface area contributed by atoms with Gasteiger partial charge >= 0.3 is 0 Å². The van der Waals surface area contributed by atoms with E-state index in [1.54, 1.807) is 11.8 Å². The largest absolute Gasteiger partial charge is 0.384 e. The molecule has 0 aromatic heterocycles. The van der Waals surface area contributed by atoms with Crippen LogP contribution in [-0.4, -0.2) is 11.4 Å². The molecular formula is C16H14F2OS. The molecule has 0 fully saturated rings. The third-order valence-electron chi connectivity index (χ3n) is 2.99. The van der Waals surface area contributed by atoms with Gasteiger partial charge in [0.2, 0.25) is 0 Å². The minimum atomic E-state index is -1.14. The average Bonchev–Trinajstić information content (AvgIpc) is 2.45. The maximum Gasteiger partial charge on any atom is 0.126 e. The average molecular weight is 292 g/mol. The zero-order valence-electron chi connectivity index (χ0n) is 10.9. The molecule has 2 aromatic carbocycles. The zero-order chi connectivity index (χ0) is 14.7. The predicted molar refractivity (Wildman–Crippen MR) is 78.6 cm³/mol. The van der Waals surface area contributed by atoms with Crippen LogP contribution >= 0.6 is 11.8 Å². The van der Waals surface area contributed by atoms with Crippen LogP contribution in [0.4, 0.5) is 8.78 Å². The number of aliphatic hydroxyl groups is 1. The van der Waals surface area contributed by atoms with Crippen molar-refractivity contribution in [1.29, 1.82) is 0 Å². The highest BCUT2D eigenvalue weighted by Crippen LogP contribution is 2.30. The quantitative estimate of drug-likeness (QED) is 0.841. The van der Waals surface area contributed by atoms with Crippen molar-refractivity contribution in [3.63, 3.8) is 0 Å². The summed E-state index contributed by atoms with van der Waals surface area (Å²) in [6, 6.07) is 10.4. The van der Waals surface area contributed by atoms with E-state index in [0.717, 1.165) is 28.7 Å². The maximum atomic E-state index is 13.2. The summed E-state index contributed by atoms with van der Waals surface area (Å²) in [5.41, 5.74) is 1.30. The van der Waals surface area contributed by atoms with Crippen LogP contribution in [0, 0.1) is 11.6 Å². The Labute approximate surface area is 121 Å². The van der Waals surface area contributed by atoms with E-state index in [-0.39, 0.29) is 5.56 Å². The molecule has 20 heavy (non-hydrogen) atoms. The molecule has 0 bridgehead atoms. The van der Waals surface area contributed by atoms with Gasteiger partial charge in [0.1, 0.15) is 17.7 Å². The van der Waals surface area contributed by atoms with Crippen LogP contribution in [0.15, 0.2) is 53.9 Å². The summed E-state index contributed by atoms with van der Waals surface area (Å²) < 4.78 is 26.3. The third kappa shape index (κ3) is 3.26. The van der Waals surface area contributed by atoms with E-state index < -0.39 is 17.7 Å². The van der Waals surface area contributed by atoms with Gasteiger partial charge in [0.25, 0.3) is 0 Å². The van der Waals surface area contributed by atoms with Crippen LogP contribution < -0.4 is 0 Å². The second kappa shape index (κ2) is 6.20. The molecule has 1 N–H and O–H groups in total. The molecule has 2 rings (SSSR count). The van der Waals surface area contributed by atoms with Crippen LogP contribution in [0.3, 0.4) is 0 Å². The fourth-order valence-corrected chi connectivity index (χ4v) is 2.31. The Kier molecular flexibility index (Phi) is 4.57. The molecule has 0 spiro atoms. The molecule has 1 atom stereocenters. The molecule has 104 valence electrons. The molecule has 0 aliphatic carbocycles. The molecule has 0 aliphatic rings. The summed E-state index contributed by atoms with van der Waals surface area (Å²) in [6.07, 6.45) is 0.828. The minimum absolute atomic E-state index is 0.154. The number of hydrogen-bond donors (Lipinski definition) is 1. The third-order valence-corrected chi connectivity index (χ3v) is 3.74. The summed E-state index contributed by atoms with van der Waals surface area (Å²) in [5.74, 6) is -1.44. The topological polar surface area (TPSA) is 20.2 Å². The maximum absolute atomic E-state index is 13.2. The van der Waals surface area contributed by atoms with E-state index in [2.05, 4.69) is 6.58 Å². The lowest BCUT2D eigenvalue weighted by Crippen LogP contribution is -2.01. The molecule has 0 saturated heterocycles. The van der Waals surface area contributed by atoms with Crippen molar-refractivity contribution in [3.05, 3.63) is 71.8 Å². The zero-order valence-corrected chi connectivity index (χ0v) is 11.8. The lowest BCUT2D eigenvalue weighted by Gasteiger charge is -2.15. The van der Waals surface area contributed by atoms with Crippen molar-refractivity contribution in [3.8, 4) is 0 Å². The molecule has 0 aliphatic heterocycles. The Morgan fingerprint density at radius 1 is 1.10 bits per heavy atom. The Bertz CT molecular complexity index is 603. The van der Waals surface area contributed by atoms with Crippen LogP contribution in [0.5, 0.6) is 0 Å². The van der Waals surface area contributed by atoms with E-state index in [1.807, 2.05) is 30.5 Å². The van der Waals surface area contributed by atoms with Crippen LogP contribution in [0.2, 0.25) is 0 Å². The standard InChI is InChI=1S/C16H14F2OS/c1-10(11-3-5-15(20-2)6-4-11)16(19)12-7-13(17)9-14(18)8-12/h3-9,16,19H,1H2,2H3. The van der Waals surface area contributed by atoms with Crippen LogP contribution in [0.25, 0.3) is 5.57 Å². The Balaban J connectivity index is 2.27. The van der Waals surface area contributed by atoms with Gasteiger partial charge < -0.3 is 5.11 Å². The van der Waals surface area contributed by atoms with Crippen molar-refractivity contribution in [2.75, 3.05) is 6.26 Å². The van der Waals surface area contributed by atoms with Crippen LogP contribution in [-0.2, 0) is 0 Å². The monoisotopic (exact) mass is 292 g/mol. The minimum Gasteiger partial charge on any atom is -0.384 e. The smallest absolute Gasteiger partial charge is 0.126 e. The van der Waals surface area contributed by atoms with Gasteiger partial charge in [-0.1, -0.05) is 18.7 Å². The number of hydrogen-bond acceptors (Lipinski definition) is 2.